The summed E-state index contributed by atoms with van der Waals surface area (Å²) in [5, 5.41) is 2.98. The van der Waals surface area contributed by atoms with Gasteiger partial charge in [-0.25, -0.2) is 0 Å². The Kier molecular flexibility index (Phi) is 5.48. The van der Waals surface area contributed by atoms with Crippen molar-refractivity contribution in [3.63, 3.8) is 0 Å². The van der Waals surface area contributed by atoms with Gasteiger partial charge in [-0.05, 0) is 38.0 Å². The summed E-state index contributed by atoms with van der Waals surface area (Å²) >= 11 is 5.70. The lowest BCUT2D eigenvalue weighted by Gasteiger charge is -2.25. The Morgan fingerprint density at radius 2 is 1.94 bits per heavy atom. The number of rotatable bonds is 6. The zero-order valence-corrected chi connectivity index (χ0v) is 11.9. The fourth-order valence-electron chi connectivity index (χ4n) is 1.65. The number of benzene rings is 1. The topological polar surface area (TPSA) is 38.3 Å². The Morgan fingerprint density at radius 1 is 1.33 bits per heavy atom. The standard InChI is InChI=1S/C14H20ClNO2/c1-14(2,8-9-15)16-13(17)10-11-4-6-12(18-3)7-5-11/h4-7H,8-10H2,1-3H3,(H,16,17). The minimum atomic E-state index is -0.259. The first kappa shape index (κ1) is 14.8. The number of carbonyl (C=O) groups excluding carboxylic acids is 1. The summed E-state index contributed by atoms with van der Waals surface area (Å²) in [7, 11) is 1.62. The van der Waals surface area contributed by atoms with E-state index in [2.05, 4.69) is 5.32 Å². The highest BCUT2D eigenvalue weighted by Crippen LogP contribution is 2.13. The molecule has 0 saturated carbocycles. The van der Waals surface area contributed by atoms with E-state index >= 15 is 0 Å². The highest BCUT2D eigenvalue weighted by molar-refractivity contribution is 6.17. The molecule has 0 saturated heterocycles. The van der Waals surface area contributed by atoms with Crippen LogP contribution in [0.5, 0.6) is 5.75 Å². The van der Waals surface area contributed by atoms with Gasteiger partial charge in [0, 0.05) is 11.4 Å². The summed E-state index contributed by atoms with van der Waals surface area (Å²) in [5.41, 5.74) is 0.709. The first-order valence-corrected chi connectivity index (χ1v) is 6.50. The molecule has 0 atom stereocenters. The Morgan fingerprint density at radius 3 is 2.44 bits per heavy atom. The first-order chi connectivity index (χ1) is 8.46. The fraction of sp³-hybridized carbons (Fsp3) is 0.500. The van der Waals surface area contributed by atoms with E-state index in [1.807, 2.05) is 38.1 Å². The molecule has 0 heterocycles. The van der Waals surface area contributed by atoms with E-state index in [1.54, 1.807) is 7.11 Å². The van der Waals surface area contributed by atoms with Gasteiger partial charge in [-0.1, -0.05) is 12.1 Å². The van der Waals surface area contributed by atoms with Crippen molar-refractivity contribution < 1.29 is 9.53 Å². The third kappa shape index (κ3) is 4.96. The van der Waals surface area contributed by atoms with Crippen molar-refractivity contribution in [1.29, 1.82) is 0 Å². The van der Waals surface area contributed by atoms with Crippen LogP contribution in [0, 0.1) is 0 Å². The SMILES string of the molecule is COc1ccc(CC(=O)NC(C)(C)CCCl)cc1. The Hall–Kier alpha value is -1.22. The maximum Gasteiger partial charge on any atom is 0.224 e. The summed E-state index contributed by atoms with van der Waals surface area (Å²) in [5.74, 6) is 1.34. The van der Waals surface area contributed by atoms with Gasteiger partial charge in [0.2, 0.25) is 5.91 Å². The maximum atomic E-state index is 11.9. The average molecular weight is 270 g/mol. The molecule has 100 valence electrons. The molecule has 0 radical (unpaired) electrons. The Bertz CT molecular complexity index is 387. The predicted octanol–water partition coefficient (Wildman–Crippen LogP) is 2.76. The molecule has 0 bridgehead atoms. The normalized spacial score (nSPS) is 11.1. The van der Waals surface area contributed by atoms with Gasteiger partial charge in [-0.15, -0.1) is 11.6 Å². The number of ether oxygens (including phenoxy) is 1. The molecular formula is C14H20ClNO2. The van der Waals surface area contributed by atoms with Crippen LogP contribution < -0.4 is 10.1 Å². The molecule has 1 aromatic rings. The Labute approximate surface area is 113 Å². The lowest BCUT2D eigenvalue weighted by atomic mass is 10.0. The number of nitrogens with one attached hydrogen (secondary N) is 1. The largest absolute Gasteiger partial charge is 0.497 e. The van der Waals surface area contributed by atoms with E-state index < -0.39 is 0 Å². The fourth-order valence-corrected chi connectivity index (χ4v) is 2.12. The van der Waals surface area contributed by atoms with Gasteiger partial charge in [0.05, 0.1) is 13.5 Å². The molecule has 0 spiro atoms. The van der Waals surface area contributed by atoms with Crippen molar-refractivity contribution in [1.82, 2.24) is 5.32 Å². The minimum absolute atomic E-state index is 0.00952. The van der Waals surface area contributed by atoms with Crippen LogP contribution in [0.2, 0.25) is 0 Å². The zero-order chi connectivity index (χ0) is 13.6. The van der Waals surface area contributed by atoms with Crippen LogP contribution in [0.25, 0.3) is 0 Å². The van der Waals surface area contributed by atoms with Crippen LogP contribution in [0.3, 0.4) is 0 Å². The number of alkyl halides is 1. The molecule has 0 aliphatic carbocycles. The summed E-state index contributed by atoms with van der Waals surface area (Å²) < 4.78 is 5.07. The predicted molar refractivity (Wildman–Crippen MR) is 74.3 cm³/mol. The second-order valence-corrected chi connectivity index (χ2v) is 5.27. The highest BCUT2D eigenvalue weighted by Gasteiger charge is 2.19. The molecule has 0 unspecified atom stereocenters. The number of amides is 1. The van der Waals surface area contributed by atoms with Crippen molar-refractivity contribution in [3.05, 3.63) is 29.8 Å². The number of carbonyl (C=O) groups is 1. The van der Waals surface area contributed by atoms with Gasteiger partial charge in [0.15, 0.2) is 0 Å². The molecule has 1 N–H and O–H groups in total. The van der Waals surface area contributed by atoms with Crippen LogP contribution in [0.15, 0.2) is 24.3 Å². The minimum Gasteiger partial charge on any atom is -0.497 e. The van der Waals surface area contributed by atoms with Gasteiger partial charge in [0.25, 0.3) is 0 Å². The van der Waals surface area contributed by atoms with Gasteiger partial charge in [-0.2, -0.15) is 0 Å². The lowest BCUT2D eigenvalue weighted by molar-refractivity contribution is -0.122. The molecule has 3 nitrogen and oxygen atoms in total. The average Bonchev–Trinajstić information content (AvgIpc) is 2.28. The first-order valence-electron chi connectivity index (χ1n) is 5.97. The van der Waals surface area contributed by atoms with E-state index in [1.165, 1.54) is 0 Å². The van der Waals surface area contributed by atoms with Crippen LogP contribution in [0.1, 0.15) is 25.8 Å². The van der Waals surface area contributed by atoms with Crippen molar-refractivity contribution >= 4 is 17.5 Å². The Balaban J connectivity index is 2.53. The number of halogens is 1. The summed E-state index contributed by atoms with van der Waals surface area (Å²) in [6.45, 7) is 3.95. The van der Waals surface area contributed by atoms with Crippen molar-refractivity contribution in [2.45, 2.75) is 32.2 Å². The van der Waals surface area contributed by atoms with Crippen molar-refractivity contribution in [2.75, 3.05) is 13.0 Å². The third-order valence-corrected chi connectivity index (χ3v) is 2.91. The number of methoxy groups -OCH3 is 1. The van der Waals surface area contributed by atoms with Gasteiger partial charge in [0.1, 0.15) is 5.75 Å². The van der Waals surface area contributed by atoms with Gasteiger partial charge in [-0.3, -0.25) is 4.79 Å². The smallest absolute Gasteiger partial charge is 0.224 e. The van der Waals surface area contributed by atoms with Crippen LogP contribution in [0.4, 0.5) is 0 Å². The van der Waals surface area contributed by atoms with E-state index in [4.69, 9.17) is 16.3 Å². The molecule has 0 aromatic heterocycles. The molecule has 0 fully saturated rings. The quantitative estimate of drug-likeness (QED) is 0.807. The third-order valence-electron chi connectivity index (χ3n) is 2.72. The molecule has 0 aliphatic heterocycles. The monoisotopic (exact) mass is 269 g/mol. The van der Waals surface area contributed by atoms with Crippen molar-refractivity contribution in [2.24, 2.45) is 0 Å². The van der Waals surface area contributed by atoms with E-state index in [9.17, 15) is 4.79 Å². The van der Waals surface area contributed by atoms with Crippen LogP contribution >= 0.6 is 11.6 Å². The molecule has 4 heteroatoms. The second kappa shape index (κ2) is 6.64. The van der Waals surface area contributed by atoms with Gasteiger partial charge < -0.3 is 10.1 Å². The van der Waals surface area contributed by atoms with Crippen LogP contribution in [-0.4, -0.2) is 24.4 Å². The molecular weight excluding hydrogens is 250 g/mol. The lowest BCUT2D eigenvalue weighted by Crippen LogP contribution is -2.44. The highest BCUT2D eigenvalue weighted by atomic mass is 35.5. The van der Waals surface area contributed by atoms with E-state index in [0.29, 0.717) is 12.3 Å². The van der Waals surface area contributed by atoms with Gasteiger partial charge >= 0.3 is 0 Å². The van der Waals surface area contributed by atoms with E-state index in [0.717, 1.165) is 17.7 Å². The summed E-state index contributed by atoms with van der Waals surface area (Å²) in [6.07, 6.45) is 1.12. The second-order valence-electron chi connectivity index (χ2n) is 4.90. The molecule has 0 aliphatic rings. The molecule has 1 rings (SSSR count). The zero-order valence-electron chi connectivity index (χ0n) is 11.1. The number of hydrogen-bond donors (Lipinski definition) is 1. The molecule has 1 amide bonds. The molecule has 1 aromatic carbocycles. The molecule has 18 heavy (non-hydrogen) atoms. The van der Waals surface area contributed by atoms with E-state index in [-0.39, 0.29) is 11.4 Å². The maximum absolute atomic E-state index is 11.9. The summed E-state index contributed by atoms with van der Waals surface area (Å²) in [6, 6.07) is 7.50. The number of hydrogen-bond acceptors (Lipinski definition) is 2. The van der Waals surface area contributed by atoms with Crippen LogP contribution in [-0.2, 0) is 11.2 Å². The summed E-state index contributed by atoms with van der Waals surface area (Å²) in [4.78, 5) is 11.9. The van der Waals surface area contributed by atoms with Crippen molar-refractivity contribution in [3.8, 4) is 5.75 Å².